The zero-order valence-corrected chi connectivity index (χ0v) is 18.4. The number of nitrogens with one attached hydrogen (secondary N) is 1. The van der Waals surface area contributed by atoms with Gasteiger partial charge in [0.25, 0.3) is 0 Å². The molecule has 8 heteroatoms. The lowest BCUT2D eigenvalue weighted by molar-refractivity contribution is -0.115. The Hall–Kier alpha value is -2.19. The Bertz CT molecular complexity index is 1110. The van der Waals surface area contributed by atoms with E-state index in [1.54, 1.807) is 18.0 Å². The molecule has 0 aliphatic rings. The Labute approximate surface area is 186 Å². The molecule has 4 rings (SSSR count). The summed E-state index contributed by atoms with van der Waals surface area (Å²) in [7, 11) is 0. The molecule has 1 aromatic carbocycles. The van der Waals surface area contributed by atoms with Crippen LogP contribution in [0.2, 0.25) is 4.34 Å². The monoisotopic (exact) mass is 457 g/mol. The molecule has 3 heterocycles. The number of thiophene rings is 1. The first kappa shape index (κ1) is 20.1. The second kappa shape index (κ2) is 9.54. The van der Waals surface area contributed by atoms with E-state index in [1.165, 1.54) is 22.7 Å². The minimum atomic E-state index is -0.0828. The number of amides is 1. The first-order valence-corrected chi connectivity index (χ1v) is 11.8. The van der Waals surface area contributed by atoms with Gasteiger partial charge < -0.3 is 5.32 Å². The smallest absolute Gasteiger partial charge is 0.230 e. The van der Waals surface area contributed by atoms with Gasteiger partial charge in [0, 0.05) is 23.0 Å². The van der Waals surface area contributed by atoms with Crippen LogP contribution in [0.4, 0.5) is 5.69 Å². The van der Waals surface area contributed by atoms with E-state index in [0.717, 1.165) is 41.9 Å². The highest BCUT2D eigenvalue weighted by Crippen LogP contribution is 2.33. The zero-order chi connectivity index (χ0) is 20.1. The summed E-state index contributed by atoms with van der Waals surface area (Å²) in [4.78, 5) is 22.3. The van der Waals surface area contributed by atoms with Crippen molar-refractivity contribution in [1.82, 2.24) is 9.97 Å². The van der Waals surface area contributed by atoms with Crippen molar-refractivity contribution in [2.45, 2.75) is 17.2 Å². The molecule has 3 aromatic heterocycles. The molecule has 0 unspecified atom stereocenters. The van der Waals surface area contributed by atoms with E-state index < -0.39 is 0 Å². The standard InChI is InChI=1S/C21H16ClN3OS3/c22-18-8-7-17(29-18)21-25-16(13-28-21)11-19(26)24-15-5-3-4-14(10-15)12-27-20-6-1-2-9-23-20/h1-10,13H,11-12H2,(H,24,26). The summed E-state index contributed by atoms with van der Waals surface area (Å²) < 4.78 is 0.732. The van der Waals surface area contributed by atoms with Crippen LogP contribution in [0.3, 0.4) is 0 Å². The lowest BCUT2D eigenvalue weighted by Gasteiger charge is -2.07. The number of aromatic nitrogens is 2. The average molecular weight is 458 g/mol. The lowest BCUT2D eigenvalue weighted by Crippen LogP contribution is -2.14. The second-order valence-corrected chi connectivity index (χ2v) is 9.70. The molecule has 0 fully saturated rings. The Kier molecular flexibility index (Phi) is 6.61. The average Bonchev–Trinajstić information content (AvgIpc) is 3.36. The van der Waals surface area contributed by atoms with Gasteiger partial charge in [0.15, 0.2) is 0 Å². The van der Waals surface area contributed by atoms with Crippen molar-refractivity contribution in [2.24, 2.45) is 0 Å². The number of carbonyl (C=O) groups is 1. The van der Waals surface area contributed by atoms with Crippen molar-refractivity contribution in [3.05, 3.63) is 81.8 Å². The van der Waals surface area contributed by atoms with Gasteiger partial charge in [-0.05, 0) is 42.0 Å². The van der Waals surface area contributed by atoms with Crippen LogP contribution in [0.25, 0.3) is 9.88 Å². The van der Waals surface area contributed by atoms with E-state index in [1.807, 2.05) is 60.0 Å². The van der Waals surface area contributed by atoms with Crippen LogP contribution in [0, 0.1) is 0 Å². The fraction of sp³-hybridized carbons (Fsp3) is 0.0952. The Morgan fingerprint density at radius 1 is 1.14 bits per heavy atom. The molecule has 4 nitrogen and oxygen atoms in total. The van der Waals surface area contributed by atoms with Crippen LogP contribution in [-0.4, -0.2) is 15.9 Å². The summed E-state index contributed by atoms with van der Waals surface area (Å²) in [5.41, 5.74) is 2.67. The minimum absolute atomic E-state index is 0.0828. The van der Waals surface area contributed by atoms with Gasteiger partial charge in [0.05, 0.1) is 26.4 Å². The van der Waals surface area contributed by atoms with Crippen LogP contribution in [0.5, 0.6) is 0 Å². The summed E-state index contributed by atoms with van der Waals surface area (Å²) >= 11 is 10.7. The van der Waals surface area contributed by atoms with Gasteiger partial charge in [0.2, 0.25) is 5.91 Å². The molecular formula is C21H16ClN3OS3. The van der Waals surface area contributed by atoms with Crippen LogP contribution >= 0.6 is 46.0 Å². The minimum Gasteiger partial charge on any atom is -0.326 e. The topological polar surface area (TPSA) is 54.9 Å². The predicted molar refractivity (Wildman–Crippen MR) is 123 cm³/mol. The molecule has 0 aliphatic carbocycles. The van der Waals surface area contributed by atoms with E-state index in [-0.39, 0.29) is 12.3 Å². The number of pyridine rings is 1. The van der Waals surface area contributed by atoms with Gasteiger partial charge in [-0.1, -0.05) is 29.8 Å². The first-order valence-electron chi connectivity index (χ1n) is 8.78. The number of carbonyl (C=O) groups excluding carboxylic acids is 1. The maximum absolute atomic E-state index is 12.4. The molecule has 29 heavy (non-hydrogen) atoms. The van der Waals surface area contributed by atoms with E-state index in [4.69, 9.17) is 11.6 Å². The van der Waals surface area contributed by atoms with E-state index >= 15 is 0 Å². The molecule has 0 aliphatic heterocycles. The van der Waals surface area contributed by atoms with Crippen LogP contribution in [0.1, 0.15) is 11.3 Å². The molecule has 0 saturated carbocycles. The van der Waals surface area contributed by atoms with Crippen molar-refractivity contribution >= 4 is 57.6 Å². The molecule has 0 saturated heterocycles. The number of hydrogen-bond acceptors (Lipinski definition) is 6. The third-order valence-corrected chi connectivity index (χ3v) is 7.22. The molecule has 0 spiro atoms. The zero-order valence-electron chi connectivity index (χ0n) is 15.2. The van der Waals surface area contributed by atoms with E-state index in [0.29, 0.717) is 0 Å². The molecule has 0 bridgehead atoms. The van der Waals surface area contributed by atoms with Gasteiger partial charge in [0.1, 0.15) is 5.01 Å². The van der Waals surface area contributed by atoms with Crippen LogP contribution < -0.4 is 5.32 Å². The van der Waals surface area contributed by atoms with Crippen molar-refractivity contribution in [3.63, 3.8) is 0 Å². The van der Waals surface area contributed by atoms with Crippen molar-refractivity contribution < 1.29 is 4.79 Å². The Morgan fingerprint density at radius 3 is 2.86 bits per heavy atom. The second-order valence-electron chi connectivity index (χ2n) is 6.13. The summed E-state index contributed by atoms with van der Waals surface area (Å²) in [5, 5.41) is 6.75. The molecule has 146 valence electrons. The molecule has 0 radical (unpaired) electrons. The number of thiazole rings is 1. The van der Waals surface area contributed by atoms with Crippen molar-refractivity contribution in [3.8, 4) is 9.88 Å². The summed E-state index contributed by atoms with van der Waals surface area (Å²) in [6.07, 6.45) is 2.03. The van der Waals surface area contributed by atoms with Gasteiger partial charge in [-0.2, -0.15) is 0 Å². The molecular weight excluding hydrogens is 442 g/mol. The maximum Gasteiger partial charge on any atom is 0.230 e. The van der Waals surface area contributed by atoms with Gasteiger partial charge in [-0.15, -0.1) is 34.4 Å². The van der Waals surface area contributed by atoms with Crippen LogP contribution in [-0.2, 0) is 17.0 Å². The molecule has 4 aromatic rings. The predicted octanol–water partition coefficient (Wildman–Crippen LogP) is 6.39. The quantitative estimate of drug-likeness (QED) is 0.326. The van der Waals surface area contributed by atoms with Gasteiger partial charge in [-0.3, -0.25) is 4.79 Å². The third-order valence-electron chi connectivity index (χ3n) is 3.91. The molecule has 1 amide bonds. The number of halogens is 1. The number of nitrogens with zero attached hydrogens (tertiary/aromatic N) is 2. The number of hydrogen-bond donors (Lipinski definition) is 1. The van der Waals surface area contributed by atoms with Gasteiger partial charge >= 0.3 is 0 Å². The number of thioether (sulfide) groups is 1. The SMILES string of the molecule is O=C(Cc1csc(-c2ccc(Cl)s2)n1)Nc1cccc(CSc2ccccn2)c1. The summed E-state index contributed by atoms with van der Waals surface area (Å²) in [5.74, 6) is 0.708. The van der Waals surface area contributed by atoms with E-state index in [2.05, 4.69) is 15.3 Å². The first-order chi connectivity index (χ1) is 14.2. The summed E-state index contributed by atoms with van der Waals surface area (Å²) in [6, 6.07) is 17.6. The largest absolute Gasteiger partial charge is 0.326 e. The summed E-state index contributed by atoms with van der Waals surface area (Å²) in [6.45, 7) is 0. The van der Waals surface area contributed by atoms with Crippen molar-refractivity contribution in [1.29, 1.82) is 0 Å². The fourth-order valence-electron chi connectivity index (χ4n) is 2.63. The molecule has 1 N–H and O–H groups in total. The highest BCUT2D eigenvalue weighted by molar-refractivity contribution is 7.98. The highest BCUT2D eigenvalue weighted by Gasteiger charge is 2.11. The number of rotatable bonds is 7. The fourth-order valence-corrected chi connectivity index (χ4v) is 5.37. The molecule has 0 atom stereocenters. The third kappa shape index (κ3) is 5.67. The number of benzene rings is 1. The Balaban J connectivity index is 1.34. The lowest BCUT2D eigenvalue weighted by atomic mass is 10.2. The normalized spacial score (nSPS) is 10.8. The highest BCUT2D eigenvalue weighted by atomic mass is 35.5. The maximum atomic E-state index is 12.4. The van der Waals surface area contributed by atoms with Crippen LogP contribution in [0.15, 0.2) is 71.2 Å². The van der Waals surface area contributed by atoms with E-state index in [9.17, 15) is 4.79 Å². The van der Waals surface area contributed by atoms with Crippen molar-refractivity contribution in [2.75, 3.05) is 5.32 Å². The number of anilines is 1. The van der Waals surface area contributed by atoms with Gasteiger partial charge in [-0.25, -0.2) is 9.97 Å². The Morgan fingerprint density at radius 2 is 2.07 bits per heavy atom.